The summed E-state index contributed by atoms with van der Waals surface area (Å²) in [6.07, 6.45) is -1.13. The molecule has 136 valence electrons. The van der Waals surface area contributed by atoms with Gasteiger partial charge in [-0.1, -0.05) is 32.0 Å². The maximum atomic E-state index is 12.3. The van der Waals surface area contributed by atoms with Gasteiger partial charge in [-0.15, -0.1) is 0 Å². The Morgan fingerprint density at radius 3 is 2.04 bits per heavy atom. The number of primary amides is 1. The van der Waals surface area contributed by atoms with Gasteiger partial charge in [-0.2, -0.15) is 0 Å². The molecule has 0 bridgehead atoms. The summed E-state index contributed by atoms with van der Waals surface area (Å²) in [4.78, 5) is 35.0. The highest BCUT2D eigenvalue weighted by atomic mass is 16.5. The lowest BCUT2D eigenvalue weighted by Crippen LogP contribution is -2.45. The summed E-state index contributed by atoms with van der Waals surface area (Å²) in [5, 5.41) is 1.92. The van der Waals surface area contributed by atoms with Crippen LogP contribution in [0.25, 0.3) is 0 Å². The molecule has 2 rings (SSSR count). The van der Waals surface area contributed by atoms with Crippen LogP contribution >= 0.6 is 0 Å². The maximum absolute atomic E-state index is 12.3. The van der Waals surface area contributed by atoms with E-state index in [1.165, 1.54) is 12.1 Å². The molecule has 0 aliphatic carbocycles. The third-order valence-corrected chi connectivity index (χ3v) is 3.41. The summed E-state index contributed by atoms with van der Waals surface area (Å²) in [5.41, 5.74) is 5.18. The fraction of sp³-hybridized carbons (Fsp3) is 0.211. The van der Waals surface area contributed by atoms with Gasteiger partial charge in [-0.25, -0.2) is 9.59 Å². The molecule has 7 nitrogen and oxygen atoms in total. The van der Waals surface area contributed by atoms with E-state index in [2.05, 4.69) is 0 Å². The van der Waals surface area contributed by atoms with Crippen molar-refractivity contribution in [2.75, 3.05) is 0 Å². The topological polar surface area (TPSA) is 108 Å². The molecule has 0 saturated heterocycles. The van der Waals surface area contributed by atoms with Crippen LogP contribution in [0.1, 0.15) is 24.2 Å². The number of imide groups is 1. The van der Waals surface area contributed by atoms with Crippen molar-refractivity contribution in [1.82, 2.24) is 5.32 Å². The van der Waals surface area contributed by atoms with Crippen molar-refractivity contribution in [3.05, 3.63) is 60.2 Å². The average Bonchev–Trinajstić information content (AvgIpc) is 2.60. The van der Waals surface area contributed by atoms with E-state index in [1.807, 2.05) is 35.6 Å². The monoisotopic (exact) mass is 356 g/mol. The van der Waals surface area contributed by atoms with Crippen LogP contribution in [0.15, 0.2) is 54.6 Å². The van der Waals surface area contributed by atoms with Gasteiger partial charge in [-0.3, -0.25) is 10.1 Å². The molecule has 0 aromatic heterocycles. The SMILES string of the molecule is CC(C)[C@@H](OC(=O)c1ccc(Oc2ccccc2)cc1)C(=O)NC(N)=O. The molecule has 0 aliphatic rings. The van der Waals surface area contributed by atoms with Crippen molar-refractivity contribution in [3.8, 4) is 11.5 Å². The largest absolute Gasteiger partial charge is 0.457 e. The number of nitrogens with two attached hydrogens (primary N) is 1. The summed E-state index contributed by atoms with van der Waals surface area (Å²) >= 11 is 0. The molecule has 1 atom stereocenters. The molecule has 0 spiro atoms. The number of ether oxygens (including phenoxy) is 2. The fourth-order valence-corrected chi connectivity index (χ4v) is 2.15. The van der Waals surface area contributed by atoms with Gasteiger partial charge < -0.3 is 15.2 Å². The maximum Gasteiger partial charge on any atom is 0.338 e. The minimum Gasteiger partial charge on any atom is -0.457 e. The molecule has 0 radical (unpaired) electrons. The number of para-hydroxylation sites is 1. The zero-order valence-electron chi connectivity index (χ0n) is 14.5. The first-order valence-electron chi connectivity index (χ1n) is 8.01. The summed E-state index contributed by atoms with van der Waals surface area (Å²) in [6, 6.07) is 14.5. The van der Waals surface area contributed by atoms with Crippen molar-refractivity contribution in [2.24, 2.45) is 11.7 Å². The molecule has 0 unspecified atom stereocenters. The highest BCUT2D eigenvalue weighted by molar-refractivity contribution is 5.98. The lowest BCUT2D eigenvalue weighted by Gasteiger charge is -2.19. The van der Waals surface area contributed by atoms with Crippen LogP contribution in [0.4, 0.5) is 4.79 Å². The standard InChI is InChI=1S/C19H20N2O5/c1-12(2)16(17(22)21-19(20)24)26-18(23)13-8-10-15(11-9-13)25-14-6-4-3-5-7-14/h3-12,16H,1-2H3,(H3,20,21,22,24)/t16-/m1/s1. The summed E-state index contributed by atoms with van der Waals surface area (Å²) in [7, 11) is 0. The zero-order valence-corrected chi connectivity index (χ0v) is 14.5. The van der Waals surface area contributed by atoms with E-state index < -0.39 is 24.0 Å². The Morgan fingerprint density at radius 1 is 0.923 bits per heavy atom. The van der Waals surface area contributed by atoms with Crippen molar-refractivity contribution in [1.29, 1.82) is 0 Å². The number of carbonyl (C=O) groups excluding carboxylic acids is 3. The second-order valence-electron chi connectivity index (χ2n) is 5.86. The molecule has 26 heavy (non-hydrogen) atoms. The molecule has 0 heterocycles. The highest BCUT2D eigenvalue weighted by Crippen LogP contribution is 2.21. The molecular formula is C19H20N2O5. The summed E-state index contributed by atoms with van der Waals surface area (Å²) in [5.74, 6) is -0.552. The number of hydrogen-bond donors (Lipinski definition) is 2. The Balaban J connectivity index is 2.04. The van der Waals surface area contributed by atoms with Crippen molar-refractivity contribution in [3.63, 3.8) is 0 Å². The number of rotatable bonds is 6. The first kappa shape index (κ1) is 19.0. The predicted molar refractivity (Wildman–Crippen MR) is 94.7 cm³/mol. The number of amides is 3. The van der Waals surface area contributed by atoms with Crippen LogP contribution < -0.4 is 15.8 Å². The Hall–Kier alpha value is -3.35. The Bertz CT molecular complexity index is 772. The van der Waals surface area contributed by atoms with E-state index in [-0.39, 0.29) is 11.5 Å². The Kier molecular flexibility index (Phi) is 6.32. The van der Waals surface area contributed by atoms with Crippen molar-refractivity contribution < 1.29 is 23.9 Å². The van der Waals surface area contributed by atoms with Gasteiger partial charge in [0.1, 0.15) is 11.5 Å². The van der Waals surface area contributed by atoms with Gasteiger partial charge >= 0.3 is 12.0 Å². The fourth-order valence-electron chi connectivity index (χ4n) is 2.15. The van der Waals surface area contributed by atoms with Crippen LogP contribution in [0, 0.1) is 5.92 Å². The van der Waals surface area contributed by atoms with Crippen LogP contribution in [0.3, 0.4) is 0 Å². The second kappa shape index (κ2) is 8.66. The minimum absolute atomic E-state index is 0.253. The minimum atomic E-state index is -1.13. The number of nitrogens with one attached hydrogen (secondary N) is 1. The molecule has 0 fully saturated rings. The molecule has 0 aliphatic heterocycles. The predicted octanol–water partition coefficient (Wildman–Crippen LogP) is 2.86. The zero-order chi connectivity index (χ0) is 19.1. The Morgan fingerprint density at radius 2 is 1.50 bits per heavy atom. The number of esters is 1. The smallest absolute Gasteiger partial charge is 0.338 e. The number of urea groups is 1. The van der Waals surface area contributed by atoms with Gasteiger partial charge in [0.15, 0.2) is 6.10 Å². The number of carbonyl (C=O) groups is 3. The van der Waals surface area contributed by atoms with E-state index in [1.54, 1.807) is 26.0 Å². The van der Waals surface area contributed by atoms with E-state index in [4.69, 9.17) is 15.2 Å². The first-order valence-corrected chi connectivity index (χ1v) is 8.01. The van der Waals surface area contributed by atoms with Gasteiger partial charge in [-0.05, 0) is 42.3 Å². The van der Waals surface area contributed by atoms with Crippen molar-refractivity contribution >= 4 is 17.9 Å². The molecule has 0 saturated carbocycles. The average molecular weight is 356 g/mol. The van der Waals surface area contributed by atoms with Gasteiger partial charge in [0.25, 0.3) is 5.91 Å². The van der Waals surface area contributed by atoms with Crippen LogP contribution in [-0.2, 0) is 9.53 Å². The second-order valence-corrected chi connectivity index (χ2v) is 5.86. The van der Waals surface area contributed by atoms with E-state index >= 15 is 0 Å². The number of benzene rings is 2. The third-order valence-electron chi connectivity index (χ3n) is 3.41. The van der Waals surface area contributed by atoms with Crippen LogP contribution in [0.2, 0.25) is 0 Å². The lowest BCUT2D eigenvalue weighted by atomic mass is 10.1. The van der Waals surface area contributed by atoms with Crippen LogP contribution in [-0.4, -0.2) is 24.0 Å². The molecule has 2 aromatic rings. The van der Waals surface area contributed by atoms with Gasteiger partial charge in [0.2, 0.25) is 0 Å². The summed E-state index contributed by atoms with van der Waals surface area (Å²) < 4.78 is 10.9. The normalized spacial score (nSPS) is 11.5. The van der Waals surface area contributed by atoms with E-state index in [9.17, 15) is 14.4 Å². The first-order chi connectivity index (χ1) is 12.4. The third kappa shape index (κ3) is 5.34. The highest BCUT2D eigenvalue weighted by Gasteiger charge is 2.27. The van der Waals surface area contributed by atoms with E-state index in [0.717, 1.165) is 0 Å². The summed E-state index contributed by atoms with van der Waals surface area (Å²) in [6.45, 7) is 3.38. The van der Waals surface area contributed by atoms with Crippen molar-refractivity contribution in [2.45, 2.75) is 20.0 Å². The van der Waals surface area contributed by atoms with E-state index in [0.29, 0.717) is 11.5 Å². The Labute approximate surface area is 151 Å². The molecule has 7 heteroatoms. The lowest BCUT2D eigenvalue weighted by molar-refractivity contribution is -0.130. The quantitative estimate of drug-likeness (QED) is 0.774. The van der Waals surface area contributed by atoms with Gasteiger partial charge in [0, 0.05) is 0 Å². The number of hydrogen-bond acceptors (Lipinski definition) is 5. The molecular weight excluding hydrogens is 336 g/mol. The molecule has 3 N–H and O–H groups in total. The molecule has 2 aromatic carbocycles. The van der Waals surface area contributed by atoms with Crippen LogP contribution in [0.5, 0.6) is 11.5 Å². The van der Waals surface area contributed by atoms with Gasteiger partial charge in [0.05, 0.1) is 5.56 Å². The molecule has 3 amide bonds.